The minimum Gasteiger partial charge on any atom is -0.344 e. The Labute approximate surface area is 94.3 Å². The van der Waals surface area contributed by atoms with Crippen LogP contribution in [0.15, 0.2) is 0 Å². The van der Waals surface area contributed by atoms with Gasteiger partial charge in [-0.15, -0.1) is 0 Å². The maximum Gasteiger partial charge on any atom is 0.151 e. The van der Waals surface area contributed by atoms with Gasteiger partial charge >= 0.3 is 0 Å². The molecule has 7 heteroatoms. The van der Waals surface area contributed by atoms with Crippen molar-refractivity contribution in [2.75, 3.05) is 0 Å². The fourth-order valence-corrected chi connectivity index (χ4v) is 1.46. The first-order chi connectivity index (χ1) is 5.04. The van der Waals surface area contributed by atoms with Gasteiger partial charge in [0.2, 0.25) is 0 Å². The molecule has 0 fully saturated rings. The van der Waals surface area contributed by atoms with Crippen molar-refractivity contribution in [2.24, 2.45) is 0 Å². The van der Waals surface area contributed by atoms with Crippen molar-refractivity contribution in [2.45, 2.75) is 0 Å². The summed E-state index contributed by atoms with van der Waals surface area (Å²) in [6.45, 7) is 0. The molecule has 1 aromatic rings. The maximum atomic E-state index is 5.62. The van der Waals surface area contributed by atoms with Gasteiger partial charge in [0.1, 0.15) is 0 Å². The minimum absolute atomic E-state index is 0. The first kappa shape index (κ1) is 12.6. The molecule has 1 heterocycles. The molecule has 0 amide bonds. The van der Waals surface area contributed by atoms with Gasteiger partial charge < -0.3 is 6.15 Å². The molecule has 0 atom stereocenters. The first-order valence-corrected chi connectivity index (χ1v) is 4.28. The van der Waals surface area contributed by atoms with Crippen LogP contribution < -0.4 is 6.15 Å². The summed E-state index contributed by atoms with van der Waals surface area (Å²) in [5, 5.41) is 0.445. The second kappa shape index (κ2) is 4.70. The van der Waals surface area contributed by atoms with Crippen LogP contribution in [0.3, 0.4) is 0 Å². The average Bonchev–Trinajstić information content (AvgIpc) is 1.97. The Morgan fingerprint density at radius 1 is 0.667 bits per heavy atom. The van der Waals surface area contributed by atoms with Crippen molar-refractivity contribution in [3.63, 3.8) is 0 Å². The topological polar surface area (TPSA) is 47.9 Å². The van der Waals surface area contributed by atoms with Crippen LogP contribution >= 0.6 is 58.0 Å². The van der Waals surface area contributed by atoms with Crippen LogP contribution in [-0.2, 0) is 0 Å². The normalized spacial score (nSPS) is 9.42. The van der Waals surface area contributed by atoms with E-state index in [1.807, 2.05) is 0 Å². The van der Waals surface area contributed by atoms with Crippen LogP contribution in [0.2, 0.25) is 25.4 Å². The molecule has 0 aliphatic heterocycles. The van der Waals surface area contributed by atoms with E-state index in [4.69, 9.17) is 58.0 Å². The molecule has 0 spiro atoms. The molecule has 1 aromatic heterocycles. The second-order valence-electron chi connectivity index (χ2n) is 1.64. The van der Waals surface area contributed by atoms with Crippen molar-refractivity contribution in [3.05, 3.63) is 25.4 Å². The van der Waals surface area contributed by atoms with Crippen molar-refractivity contribution in [3.8, 4) is 0 Å². The predicted molar refractivity (Wildman–Crippen MR) is 54.3 cm³/mol. The van der Waals surface area contributed by atoms with Crippen LogP contribution in [0.1, 0.15) is 0 Å². The van der Waals surface area contributed by atoms with Gasteiger partial charge in [-0.1, -0.05) is 58.0 Å². The highest BCUT2D eigenvalue weighted by molar-refractivity contribution is 6.53. The van der Waals surface area contributed by atoms with Crippen molar-refractivity contribution in [1.82, 2.24) is 11.1 Å². The zero-order chi connectivity index (χ0) is 8.59. The van der Waals surface area contributed by atoms with Crippen LogP contribution in [0, 0.1) is 0 Å². The molecular weight excluding hydrogens is 265 g/mol. The summed E-state index contributed by atoms with van der Waals surface area (Å²) in [6, 6.07) is 0. The number of hydrogen-bond donors (Lipinski definition) is 1. The number of pyridine rings is 1. The van der Waals surface area contributed by atoms with Crippen molar-refractivity contribution >= 4 is 58.0 Å². The second-order valence-corrected chi connectivity index (χ2v) is 3.49. The monoisotopic (exact) mass is 266 g/mol. The van der Waals surface area contributed by atoms with Crippen LogP contribution in [-0.4, -0.2) is 4.98 Å². The van der Waals surface area contributed by atoms with Gasteiger partial charge in [-0.2, -0.15) is 0 Å². The Morgan fingerprint density at radius 2 is 1.00 bits per heavy atom. The summed E-state index contributed by atoms with van der Waals surface area (Å²) in [5.41, 5.74) is 0. The Hall–Kier alpha value is 0.560. The maximum absolute atomic E-state index is 5.62. The molecule has 68 valence electrons. The summed E-state index contributed by atoms with van der Waals surface area (Å²) in [5.74, 6) is 0. The van der Waals surface area contributed by atoms with Gasteiger partial charge in [0.05, 0.1) is 15.1 Å². The average molecular weight is 268 g/mol. The lowest BCUT2D eigenvalue weighted by molar-refractivity contribution is 1.33. The zero-order valence-corrected chi connectivity index (χ0v) is 9.32. The third-order valence-corrected chi connectivity index (χ3v) is 2.99. The van der Waals surface area contributed by atoms with E-state index in [-0.39, 0.29) is 31.5 Å². The SMILES string of the molecule is Clc1nc(Cl)c(Cl)c(Cl)c1Cl.N. The summed E-state index contributed by atoms with van der Waals surface area (Å²) < 4.78 is 0. The number of aromatic nitrogens is 1. The molecule has 0 aliphatic carbocycles. The van der Waals surface area contributed by atoms with Crippen molar-refractivity contribution in [1.29, 1.82) is 0 Å². The first-order valence-electron chi connectivity index (χ1n) is 2.39. The fourth-order valence-electron chi connectivity index (χ4n) is 0.462. The highest BCUT2D eigenvalue weighted by Crippen LogP contribution is 2.37. The van der Waals surface area contributed by atoms with Crippen LogP contribution in [0.25, 0.3) is 0 Å². The molecule has 2 nitrogen and oxygen atoms in total. The van der Waals surface area contributed by atoms with Crippen LogP contribution in [0.4, 0.5) is 0 Å². The Balaban J connectivity index is 0.00000121. The minimum atomic E-state index is 0. The molecule has 0 unspecified atom stereocenters. The third kappa shape index (κ3) is 2.28. The molecule has 3 N–H and O–H groups in total. The van der Waals surface area contributed by atoms with Gasteiger partial charge in [0.15, 0.2) is 10.3 Å². The lowest BCUT2D eigenvalue weighted by Crippen LogP contribution is -1.82. The van der Waals surface area contributed by atoms with Gasteiger partial charge in [0.25, 0.3) is 0 Å². The number of nitrogens with zero attached hydrogens (tertiary/aromatic N) is 1. The predicted octanol–water partition coefficient (Wildman–Crippen LogP) is 4.51. The molecule has 0 aromatic carbocycles. The van der Waals surface area contributed by atoms with Crippen LogP contribution in [0.5, 0.6) is 0 Å². The van der Waals surface area contributed by atoms with Crippen molar-refractivity contribution < 1.29 is 0 Å². The molecule has 1 rings (SSSR count). The highest BCUT2D eigenvalue weighted by Gasteiger charge is 2.12. The Bertz CT molecular complexity index is 274. The van der Waals surface area contributed by atoms with E-state index in [0.29, 0.717) is 0 Å². The van der Waals surface area contributed by atoms with E-state index in [2.05, 4.69) is 4.98 Å². The third-order valence-electron chi connectivity index (χ3n) is 0.944. The number of rotatable bonds is 0. The molecule has 0 radical (unpaired) electrons. The van der Waals surface area contributed by atoms with E-state index in [0.717, 1.165) is 0 Å². The molecule has 0 aliphatic rings. The standard InChI is InChI=1S/C5Cl5N.H3N/c6-1-2(7)4(9)11-5(10)3(1)8;/h;1H3. The molecular formula is C5H3Cl5N2. The Morgan fingerprint density at radius 3 is 1.33 bits per heavy atom. The van der Waals surface area contributed by atoms with E-state index in [1.54, 1.807) is 0 Å². The summed E-state index contributed by atoms with van der Waals surface area (Å²) in [6.07, 6.45) is 0. The van der Waals surface area contributed by atoms with Gasteiger partial charge in [-0.3, -0.25) is 0 Å². The molecule has 0 saturated carbocycles. The Kier molecular flexibility index (Phi) is 4.92. The van der Waals surface area contributed by atoms with Gasteiger partial charge in [-0.05, 0) is 0 Å². The number of hydrogen-bond acceptors (Lipinski definition) is 2. The summed E-state index contributed by atoms with van der Waals surface area (Å²) >= 11 is 27.8. The fraction of sp³-hybridized carbons (Fsp3) is 0. The highest BCUT2D eigenvalue weighted by atomic mass is 35.5. The molecule has 0 saturated heterocycles. The van der Waals surface area contributed by atoms with E-state index in [9.17, 15) is 0 Å². The summed E-state index contributed by atoms with van der Waals surface area (Å²) in [7, 11) is 0. The quantitative estimate of drug-likeness (QED) is 0.704. The summed E-state index contributed by atoms with van der Waals surface area (Å²) in [4.78, 5) is 3.62. The molecule has 0 bridgehead atoms. The van der Waals surface area contributed by atoms with E-state index in [1.165, 1.54) is 0 Å². The zero-order valence-electron chi connectivity index (χ0n) is 5.54. The number of halogens is 5. The van der Waals surface area contributed by atoms with Gasteiger partial charge in [-0.25, -0.2) is 4.98 Å². The smallest absolute Gasteiger partial charge is 0.151 e. The largest absolute Gasteiger partial charge is 0.344 e. The lowest BCUT2D eigenvalue weighted by atomic mass is 10.5. The lowest BCUT2D eigenvalue weighted by Gasteiger charge is -2.01. The van der Waals surface area contributed by atoms with E-state index < -0.39 is 0 Å². The van der Waals surface area contributed by atoms with E-state index >= 15 is 0 Å². The molecule has 12 heavy (non-hydrogen) atoms. The van der Waals surface area contributed by atoms with Gasteiger partial charge in [0, 0.05) is 0 Å².